The Morgan fingerprint density at radius 1 is 0.690 bits per heavy atom. The average Bonchev–Trinajstić information content (AvgIpc) is 3.21. The number of halogens is 1. The molecule has 0 aliphatic heterocycles. The van der Waals surface area contributed by atoms with E-state index in [9.17, 15) is 0 Å². The Morgan fingerprint density at radius 2 is 1.45 bits per heavy atom. The van der Waals surface area contributed by atoms with E-state index in [-0.39, 0.29) is 5.41 Å². The zero-order valence-electron chi connectivity index (χ0n) is 16.3. The van der Waals surface area contributed by atoms with Crippen molar-refractivity contribution in [3.05, 3.63) is 94.5 Å². The molecule has 0 saturated carbocycles. The molecule has 0 amide bonds. The van der Waals surface area contributed by atoms with Crippen LogP contribution in [0.1, 0.15) is 25.0 Å². The number of benzene rings is 4. The molecule has 5 aromatic rings. The first-order chi connectivity index (χ1) is 14.0. The molecule has 6 rings (SSSR count). The van der Waals surface area contributed by atoms with Gasteiger partial charge in [0, 0.05) is 26.2 Å². The first-order valence-electron chi connectivity index (χ1n) is 9.89. The van der Waals surface area contributed by atoms with E-state index >= 15 is 0 Å². The van der Waals surface area contributed by atoms with E-state index < -0.39 is 0 Å². The van der Waals surface area contributed by atoms with Crippen molar-refractivity contribution in [2.24, 2.45) is 0 Å². The average molecular weight is 439 g/mol. The molecule has 0 bridgehead atoms. The second-order valence-electron chi connectivity index (χ2n) is 8.36. The normalized spacial score (nSPS) is 14.3. The molecule has 2 heteroatoms. The molecule has 1 aliphatic rings. The summed E-state index contributed by atoms with van der Waals surface area (Å²) in [5, 5.41) is 2.30. The van der Waals surface area contributed by atoms with Crippen molar-refractivity contribution in [3.63, 3.8) is 0 Å². The summed E-state index contributed by atoms with van der Waals surface area (Å²) in [5.41, 5.74) is 9.64. The molecule has 140 valence electrons. The molecular weight excluding hydrogens is 420 g/mol. The third-order valence-corrected chi connectivity index (χ3v) is 6.80. The van der Waals surface area contributed by atoms with Crippen molar-refractivity contribution in [1.82, 2.24) is 0 Å². The summed E-state index contributed by atoms with van der Waals surface area (Å²) in [4.78, 5) is 0. The fourth-order valence-electron chi connectivity index (χ4n) is 4.88. The molecule has 0 radical (unpaired) electrons. The van der Waals surface area contributed by atoms with E-state index in [1.54, 1.807) is 0 Å². The van der Waals surface area contributed by atoms with Crippen molar-refractivity contribution >= 4 is 37.9 Å². The molecule has 29 heavy (non-hydrogen) atoms. The van der Waals surface area contributed by atoms with Gasteiger partial charge in [-0.2, -0.15) is 0 Å². The predicted octanol–water partition coefficient (Wildman–Crippen LogP) is 8.32. The van der Waals surface area contributed by atoms with Gasteiger partial charge in [0.2, 0.25) is 0 Å². The summed E-state index contributed by atoms with van der Waals surface area (Å²) < 4.78 is 7.37. The Kier molecular flexibility index (Phi) is 3.43. The van der Waals surface area contributed by atoms with Gasteiger partial charge >= 0.3 is 0 Å². The molecule has 0 saturated heterocycles. The number of para-hydroxylation sites is 1. The van der Waals surface area contributed by atoms with Gasteiger partial charge in [-0.25, -0.2) is 0 Å². The lowest BCUT2D eigenvalue weighted by Crippen LogP contribution is -2.14. The Hall–Kier alpha value is -2.84. The minimum Gasteiger partial charge on any atom is -0.455 e. The fraction of sp³-hybridized carbons (Fsp3) is 0.111. The molecule has 0 spiro atoms. The summed E-state index contributed by atoms with van der Waals surface area (Å²) in [5.74, 6) is 0. The van der Waals surface area contributed by atoms with Gasteiger partial charge in [-0.15, -0.1) is 0 Å². The van der Waals surface area contributed by atoms with Crippen molar-refractivity contribution in [3.8, 4) is 22.3 Å². The van der Waals surface area contributed by atoms with Crippen LogP contribution in [0.15, 0.2) is 87.8 Å². The van der Waals surface area contributed by atoms with Crippen LogP contribution >= 0.6 is 15.9 Å². The molecule has 0 unspecified atom stereocenters. The largest absolute Gasteiger partial charge is 0.455 e. The molecule has 4 aromatic carbocycles. The number of rotatable bonds is 1. The van der Waals surface area contributed by atoms with E-state index in [2.05, 4.69) is 96.5 Å². The highest BCUT2D eigenvalue weighted by atomic mass is 79.9. The highest BCUT2D eigenvalue weighted by molar-refractivity contribution is 9.10. The van der Waals surface area contributed by atoms with Crippen LogP contribution in [0.25, 0.3) is 44.2 Å². The standard InChI is InChI=1S/C27H19BrO/c1-27(2)23-9-5-3-7-18(23)19-12-11-16(13-24(19)27)21-14-17(28)15-22-20-8-4-6-10-25(20)29-26(21)22/h3-15H,1-2H3. The number of fused-ring (bicyclic) bond motifs is 6. The van der Waals surface area contributed by atoms with E-state index in [1.165, 1.54) is 27.8 Å². The second kappa shape index (κ2) is 5.84. The summed E-state index contributed by atoms with van der Waals surface area (Å²) in [6, 6.07) is 28.2. The monoisotopic (exact) mass is 438 g/mol. The SMILES string of the molecule is CC1(C)c2ccccc2-c2ccc(-c3cc(Br)cc4c3oc3ccccc34)cc21. The molecule has 1 heterocycles. The summed E-state index contributed by atoms with van der Waals surface area (Å²) in [6.45, 7) is 4.64. The van der Waals surface area contributed by atoms with Gasteiger partial charge in [-0.3, -0.25) is 0 Å². The Morgan fingerprint density at radius 3 is 2.34 bits per heavy atom. The molecule has 1 aromatic heterocycles. The lowest BCUT2D eigenvalue weighted by Gasteiger charge is -2.22. The van der Waals surface area contributed by atoms with Gasteiger partial charge in [0.25, 0.3) is 0 Å². The van der Waals surface area contributed by atoms with Gasteiger partial charge in [-0.1, -0.05) is 84.4 Å². The minimum absolute atomic E-state index is 0.0130. The van der Waals surface area contributed by atoms with Gasteiger partial charge in [0.1, 0.15) is 11.2 Å². The summed E-state index contributed by atoms with van der Waals surface area (Å²) in [7, 11) is 0. The van der Waals surface area contributed by atoms with Crippen LogP contribution in [0.3, 0.4) is 0 Å². The van der Waals surface area contributed by atoms with Crippen LogP contribution in [-0.2, 0) is 5.41 Å². The molecular formula is C27H19BrO. The van der Waals surface area contributed by atoms with E-state index in [1.807, 2.05) is 12.1 Å². The van der Waals surface area contributed by atoms with Crippen LogP contribution in [0.4, 0.5) is 0 Å². The van der Waals surface area contributed by atoms with E-state index in [0.717, 1.165) is 32.0 Å². The van der Waals surface area contributed by atoms with E-state index in [0.29, 0.717) is 0 Å². The molecule has 0 fully saturated rings. The molecule has 0 atom stereocenters. The Balaban J connectivity index is 1.63. The Labute approximate surface area is 178 Å². The van der Waals surface area contributed by atoms with Crippen molar-refractivity contribution in [1.29, 1.82) is 0 Å². The van der Waals surface area contributed by atoms with Crippen molar-refractivity contribution < 1.29 is 4.42 Å². The number of hydrogen-bond donors (Lipinski definition) is 0. The quantitative estimate of drug-likeness (QED) is 0.256. The van der Waals surface area contributed by atoms with Crippen LogP contribution in [0.5, 0.6) is 0 Å². The van der Waals surface area contributed by atoms with E-state index in [4.69, 9.17) is 4.42 Å². The topological polar surface area (TPSA) is 13.1 Å². The van der Waals surface area contributed by atoms with Crippen LogP contribution in [0, 0.1) is 0 Å². The maximum atomic E-state index is 6.31. The van der Waals surface area contributed by atoms with Gasteiger partial charge in [-0.05, 0) is 52.1 Å². The molecule has 0 N–H and O–H groups in total. The smallest absolute Gasteiger partial charge is 0.143 e. The lowest BCUT2D eigenvalue weighted by molar-refractivity contribution is 0.660. The zero-order valence-corrected chi connectivity index (χ0v) is 17.9. The number of hydrogen-bond acceptors (Lipinski definition) is 1. The fourth-order valence-corrected chi connectivity index (χ4v) is 5.34. The van der Waals surface area contributed by atoms with Crippen LogP contribution in [-0.4, -0.2) is 0 Å². The second-order valence-corrected chi connectivity index (χ2v) is 9.27. The lowest BCUT2D eigenvalue weighted by atomic mass is 9.81. The summed E-state index contributed by atoms with van der Waals surface area (Å²) in [6.07, 6.45) is 0. The van der Waals surface area contributed by atoms with Crippen LogP contribution in [0.2, 0.25) is 0 Å². The third-order valence-electron chi connectivity index (χ3n) is 6.34. The van der Waals surface area contributed by atoms with Gasteiger partial charge in [0.15, 0.2) is 0 Å². The maximum Gasteiger partial charge on any atom is 0.143 e. The Bertz CT molecular complexity index is 1440. The first-order valence-corrected chi connectivity index (χ1v) is 10.7. The predicted molar refractivity (Wildman–Crippen MR) is 124 cm³/mol. The van der Waals surface area contributed by atoms with Crippen molar-refractivity contribution in [2.75, 3.05) is 0 Å². The van der Waals surface area contributed by atoms with Crippen molar-refractivity contribution in [2.45, 2.75) is 19.3 Å². The highest BCUT2D eigenvalue weighted by Crippen LogP contribution is 2.50. The van der Waals surface area contributed by atoms with Gasteiger partial charge in [0.05, 0.1) is 0 Å². The highest BCUT2D eigenvalue weighted by Gasteiger charge is 2.35. The zero-order chi connectivity index (χ0) is 19.8. The minimum atomic E-state index is -0.0130. The van der Waals surface area contributed by atoms with Gasteiger partial charge < -0.3 is 4.42 Å². The maximum absolute atomic E-state index is 6.31. The third kappa shape index (κ3) is 2.33. The summed E-state index contributed by atoms with van der Waals surface area (Å²) >= 11 is 3.72. The number of furan rings is 1. The molecule has 1 nitrogen and oxygen atoms in total. The first kappa shape index (κ1) is 17.1. The molecule has 1 aliphatic carbocycles. The van der Waals surface area contributed by atoms with Crippen LogP contribution < -0.4 is 0 Å².